The number of halogens is 5. The van der Waals surface area contributed by atoms with Crippen LogP contribution < -0.4 is 4.74 Å². The first-order valence-electron chi connectivity index (χ1n) is 4.52. The van der Waals surface area contributed by atoms with Crippen LogP contribution in [0.25, 0.3) is 0 Å². The van der Waals surface area contributed by atoms with E-state index < -0.39 is 6.36 Å². The second kappa shape index (κ2) is 7.17. The predicted octanol–water partition coefficient (Wildman–Crippen LogP) is 5.27. The van der Waals surface area contributed by atoms with Gasteiger partial charge in [0.2, 0.25) is 0 Å². The van der Waals surface area contributed by atoms with E-state index in [-0.39, 0.29) is 10.2 Å². The lowest BCUT2D eigenvalue weighted by Crippen LogP contribution is -2.17. The molecule has 0 heterocycles. The van der Waals surface area contributed by atoms with Gasteiger partial charge in [-0.2, -0.15) is 0 Å². The molecule has 0 unspecified atom stereocenters. The van der Waals surface area contributed by atoms with Crippen LogP contribution in [-0.4, -0.2) is 6.36 Å². The number of hydrogen-bond acceptors (Lipinski definition) is 1. The van der Waals surface area contributed by atoms with Gasteiger partial charge in [-0.15, -0.1) is 13.2 Å². The molecule has 1 aromatic carbocycles. The van der Waals surface area contributed by atoms with Crippen molar-refractivity contribution in [1.29, 1.82) is 0 Å². The second-order valence-electron chi connectivity index (χ2n) is 2.45. The van der Waals surface area contributed by atoms with Gasteiger partial charge in [-0.3, -0.25) is 0 Å². The first kappa shape index (κ1) is 15.8. The van der Waals surface area contributed by atoms with Crippen LogP contribution in [0.2, 0.25) is 0 Å². The molecule has 0 saturated heterocycles. The molecule has 1 rings (SSSR count). The average Bonchev–Trinajstić information content (AvgIpc) is 2.22. The lowest BCUT2D eigenvalue weighted by molar-refractivity contribution is -0.274. The van der Waals surface area contributed by atoms with Gasteiger partial charge >= 0.3 is 6.36 Å². The first-order valence-corrected chi connectivity index (χ1v) is 6.44. The standard InChI is InChI=1S/C8H5Br2F3O.C2H6/c9-4-5-1-2-7(6(10)3-5)14-8(11,12)13;1-2/h1-3H,4H2;1-2H3. The highest BCUT2D eigenvalue weighted by molar-refractivity contribution is 9.10. The summed E-state index contributed by atoms with van der Waals surface area (Å²) in [6, 6.07) is 4.39. The molecule has 0 fully saturated rings. The molecular weight excluding hydrogens is 353 g/mol. The Morgan fingerprint density at radius 3 is 2.19 bits per heavy atom. The van der Waals surface area contributed by atoms with Crippen molar-refractivity contribution in [1.82, 2.24) is 0 Å². The van der Waals surface area contributed by atoms with Crippen molar-refractivity contribution >= 4 is 31.9 Å². The molecule has 92 valence electrons. The Bertz CT molecular complexity index is 326. The van der Waals surface area contributed by atoms with Crippen molar-refractivity contribution in [3.63, 3.8) is 0 Å². The molecule has 1 aromatic rings. The zero-order valence-corrected chi connectivity index (χ0v) is 11.9. The largest absolute Gasteiger partial charge is 0.573 e. The lowest BCUT2D eigenvalue weighted by Gasteiger charge is -2.10. The molecular formula is C10H11Br2F3O. The van der Waals surface area contributed by atoms with Crippen LogP contribution in [0.5, 0.6) is 5.75 Å². The van der Waals surface area contributed by atoms with Gasteiger partial charge < -0.3 is 4.74 Å². The summed E-state index contributed by atoms with van der Waals surface area (Å²) in [4.78, 5) is 0. The summed E-state index contributed by atoms with van der Waals surface area (Å²) in [6.07, 6.45) is -4.65. The summed E-state index contributed by atoms with van der Waals surface area (Å²) in [5, 5.41) is 0.581. The Balaban J connectivity index is 0.00000106. The number of benzene rings is 1. The Morgan fingerprint density at radius 1 is 1.25 bits per heavy atom. The first-order chi connectivity index (χ1) is 7.42. The van der Waals surface area contributed by atoms with Crippen molar-refractivity contribution < 1.29 is 17.9 Å². The van der Waals surface area contributed by atoms with Crippen LogP contribution >= 0.6 is 31.9 Å². The Hall–Kier alpha value is -0.230. The van der Waals surface area contributed by atoms with E-state index in [0.717, 1.165) is 5.56 Å². The van der Waals surface area contributed by atoms with E-state index in [9.17, 15) is 13.2 Å². The van der Waals surface area contributed by atoms with E-state index >= 15 is 0 Å². The molecule has 0 amide bonds. The molecule has 0 aliphatic heterocycles. The van der Waals surface area contributed by atoms with Crippen LogP contribution in [0.4, 0.5) is 13.2 Å². The summed E-state index contributed by atoms with van der Waals surface area (Å²) in [7, 11) is 0. The maximum absolute atomic E-state index is 11.9. The summed E-state index contributed by atoms with van der Waals surface area (Å²) in [5.74, 6) is -0.234. The fourth-order valence-electron chi connectivity index (χ4n) is 0.835. The van der Waals surface area contributed by atoms with E-state index in [0.29, 0.717) is 5.33 Å². The van der Waals surface area contributed by atoms with Crippen LogP contribution in [0, 0.1) is 0 Å². The summed E-state index contributed by atoms with van der Waals surface area (Å²) in [5.41, 5.74) is 0.867. The smallest absolute Gasteiger partial charge is 0.405 e. The number of ether oxygens (including phenoxy) is 1. The number of rotatable bonds is 2. The van der Waals surface area contributed by atoms with E-state index in [1.54, 1.807) is 12.1 Å². The minimum absolute atomic E-state index is 0.234. The third-order valence-corrected chi connectivity index (χ3v) is 2.64. The molecule has 0 aliphatic carbocycles. The quantitative estimate of drug-likeness (QED) is 0.650. The van der Waals surface area contributed by atoms with Gasteiger partial charge in [-0.05, 0) is 33.6 Å². The van der Waals surface area contributed by atoms with Gasteiger partial charge in [0.1, 0.15) is 5.75 Å². The van der Waals surface area contributed by atoms with Crippen LogP contribution in [0.15, 0.2) is 22.7 Å². The monoisotopic (exact) mass is 362 g/mol. The van der Waals surface area contributed by atoms with Crippen molar-refractivity contribution in [3.8, 4) is 5.75 Å². The SMILES string of the molecule is CC.FC(F)(F)Oc1ccc(CBr)cc1Br. The fourth-order valence-corrected chi connectivity index (χ4v) is 1.69. The van der Waals surface area contributed by atoms with Crippen LogP contribution in [0.1, 0.15) is 19.4 Å². The minimum Gasteiger partial charge on any atom is -0.405 e. The molecule has 16 heavy (non-hydrogen) atoms. The minimum atomic E-state index is -4.65. The van der Waals surface area contributed by atoms with E-state index in [1.165, 1.54) is 6.07 Å². The Labute approximate surface area is 109 Å². The summed E-state index contributed by atoms with van der Waals surface area (Å²) < 4.78 is 39.6. The second-order valence-corrected chi connectivity index (χ2v) is 3.86. The van der Waals surface area contributed by atoms with Crippen LogP contribution in [0.3, 0.4) is 0 Å². The van der Waals surface area contributed by atoms with Gasteiger partial charge in [0.25, 0.3) is 0 Å². The van der Waals surface area contributed by atoms with Crippen molar-refractivity contribution in [2.24, 2.45) is 0 Å². The zero-order chi connectivity index (χ0) is 12.8. The lowest BCUT2D eigenvalue weighted by atomic mass is 10.2. The number of hydrogen-bond donors (Lipinski definition) is 0. The van der Waals surface area contributed by atoms with Crippen molar-refractivity contribution in [2.45, 2.75) is 25.5 Å². The van der Waals surface area contributed by atoms with Gasteiger partial charge in [0.15, 0.2) is 0 Å². The highest BCUT2D eigenvalue weighted by atomic mass is 79.9. The predicted molar refractivity (Wildman–Crippen MR) is 64.8 cm³/mol. The normalized spacial score (nSPS) is 10.4. The zero-order valence-electron chi connectivity index (χ0n) is 8.74. The van der Waals surface area contributed by atoms with Gasteiger partial charge in [0, 0.05) is 5.33 Å². The maximum atomic E-state index is 11.9. The molecule has 0 atom stereocenters. The molecule has 0 N–H and O–H groups in total. The van der Waals surface area contributed by atoms with Gasteiger partial charge in [-0.25, -0.2) is 0 Å². The van der Waals surface area contributed by atoms with Crippen molar-refractivity contribution in [3.05, 3.63) is 28.2 Å². The maximum Gasteiger partial charge on any atom is 0.573 e. The van der Waals surface area contributed by atoms with E-state index in [1.807, 2.05) is 13.8 Å². The topological polar surface area (TPSA) is 9.23 Å². The van der Waals surface area contributed by atoms with Crippen molar-refractivity contribution in [2.75, 3.05) is 0 Å². The molecule has 1 nitrogen and oxygen atoms in total. The third kappa shape index (κ3) is 5.75. The summed E-state index contributed by atoms with van der Waals surface area (Å²) >= 11 is 6.19. The van der Waals surface area contributed by atoms with Gasteiger partial charge in [-0.1, -0.05) is 35.8 Å². The molecule has 0 aromatic heterocycles. The molecule has 0 aliphatic rings. The number of alkyl halides is 4. The van der Waals surface area contributed by atoms with Gasteiger partial charge in [0.05, 0.1) is 4.47 Å². The highest BCUT2D eigenvalue weighted by Crippen LogP contribution is 2.31. The Kier molecular flexibility index (Phi) is 7.06. The highest BCUT2D eigenvalue weighted by Gasteiger charge is 2.31. The van der Waals surface area contributed by atoms with E-state index in [2.05, 4.69) is 36.6 Å². The third-order valence-electron chi connectivity index (χ3n) is 1.38. The molecule has 0 saturated carbocycles. The molecule has 0 radical (unpaired) electrons. The molecule has 6 heteroatoms. The van der Waals surface area contributed by atoms with E-state index in [4.69, 9.17) is 0 Å². The van der Waals surface area contributed by atoms with Crippen LogP contribution in [-0.2, 0) is 5.33 Å². The fraction of sp³-hybridized carbons (Fsp3) is 0.400. The summed E-state index contributed by atoms with van der Waals surface area (Å²) in [6.45, 7) is 4.00. The Morgan fingerprint density at radius 2 is 1.81 bits per heavy atom. The molecule has 0 spiro atoms. The molecule has 0 bridgehead atoms. The average molecular weight is 364 g/mol.